The zero-order chi connectivity index (χ0) is 22.3. The van der Waals surface area contributed by atoms with E-state index >= 15 is 0 Å². The first-order valence-corrected chi connectivity index (χ1v) is 11.8. The number of fused-ring (bicyclic) bond motifs is 2. The summed E-state index contributed by atoms with van der Waals surface area (Å²) in [7, 11) is 0. The maximum Gasteiger partial charge on any atom is 0.407 e. The minimum Gasteiger partial charge on any atom is -0.465 e. The zero-order valence-electron chi connectivity index (χ0n) is 18.6. The highest BCUT2D eigenvalue weighted by molar-refractivity contribution is 5.92. The van der Waals surface area contributed by atoms with Gasteiger partial charge in [-0.1, -0.05) is 36.4 Å². The van der Waals surface area contributed by atoms with E-state index in [4.69, 9.17) is 5.11 Å². The first-order valence-electron chi connectivity index (χ1n) is 11.8. The number of anilines is 2. The molecule has 2 amide bonds. The van der Waals surface area contributed by atoms with Crippen molar-refractivity contribution in [2.75, 3.05) is 29.9 Å². The van der Waals surface area contributed by atoms with Crippen LogP contribution in [0.15, 0.2) is 48.5 Å². The standard InChI is InChI=1S/C16H22N2O2.C10H11NO/c19-16(20)17-11-8-14(9-12-17)18-10-4-3-6-13-5-1-2-7-15(13)18;12-10-7-3-5-8-4-1-2-6-9(8)11-10/h1-2,5,7,14H,3-4,6,8-12H2,(H,19,20);1-2,4,6H,3,5,7H2,(H,11,12). The van der Waals surface area contributed by atoms with Crippen LogP contribution >= 0.6 is 0 Å². The van der Waals surface area contributed by atoms with Crippen LogP contribution in [0.4, 0.5) is 16.2 Å². The molecule has 3 aliphatic heterocycles. The highest BCUT2D eigenvalue weighted by atomic mass is 16.4. The monoisotopic (exact) mass is 435 g/mol. The van der Waals surface area contributed by atoms with Crippen LogP contribution in [0.3, 0.4) is 0 Å². The molecule has 1 fully saturated rings. The lowest BCUT2D eigenvalue weighted by Gasteiger charge is -2.39. The number of piperidine rings is 1. The van der Waals surface area contributed by atoms with Crippen molar-refractivity contribution in [1.29, 1.82) is 0 Å². The molecule has 2 aromatic carbocycles. The average Bonchev–Trinajstić information content (AvgIpc) is 3.14. The maximum atomic E-state index is 11.1. The normalized spacial score (nSPS) is 18.8. The summed E-state index contributed by atoms with van der Waals surface area (Å²) in [4.78, 5) is 26.2. The van der Waals surface area contributed by atoms with Crippen molar-refractivity contribution >= 4 is 23.4 Å². The fraction of sp³-hybridized carbons (Fsp3) is 0.462. The fourth-order valence-electron chi connectivity index (χ4n) is 4.98. The number of para-hydroxylation sites is 2. The van der Waals surface area contributed by atoms with E-state index in [0.717, 1.165) is 37.9 Å². The number of amides is 2. The number of carbonyl (C=O) groups is 2. The van der Waals surface area contributed by atoms with Gasteiger partial charge in [0.2, 0.25) is 5.91 Å². The Bertz CT molecular complexity index is 937. The summed E-state index contributed by atoms with van der Waals surface area (Å²) < 4.78 is 0. The number of nitrogens with zero attached hydrogens (tertiary/aromatic N) is 2. The van der Waals surface area contributed by atoms with Crippen molar-refractivity contribution < 1.29 is 14.7 Å². The van der Waals surface area contributed by atoms with Crippen molar-refractivity contribution in [3.8, 4) is 0 Å². The summed E-state index contributed by atoms with van der Waals surface area (Å²) in [5, 5.41) is 11.9. The minimum absolute atomic E-state index is 0.139. The van der Waals surface area contributed by atoms with Gasteiger partial charge < -0.3 is 20.2 Å². The molecule has 0 aliphatic carbocycles. The van der Waals surface area contributed by atoms with E-state index in [9.17, 15) is 9.59 Å². The van der Waals surface area contributed by atoms with Crippen molar-refractivity contribution in [3.05, 3.63) is 59.7 Å². The lowest BCUT2D eigenvalue weighted by Crippen LogP contribution is -2.46. The summed E-state index contributed by atoms with van der Waals surface area (Å²) in [6.07, 6.45) is 7.38. The number of rotatable bonds is 1. The maximum absolute atomic E-state index is 11.1. The Morgan fingerprint density at radius 1 is 0.844 bits per heavy atom. The van der Waals surface area contributed by atoms with Gasteiger partial charge in [0.05, 0.1) is 0 Å². The SMILES string of the molecule is O=C(O)N1CCC(N2CCCCc3ccccc32)CC1.O=C1CCCc2ccccc2N1. The first-order chi connectivity index (χ1) is 15.6. The van der Waals surface area contributed by atoms with Gasteiger partial charge in [0.25, 0.3) is 0 Å². The van der Waals surface area contributed by atoms with Gasteiger partial charge in [0.1, 0.15) is 0 Å². The van der Waals surface area contributed by atoms with E-state index in [0.29, 0.717) is 25.6 Å². The molecule has 0 atom stereocenters. The van der Waals surface area contributed by atoms with Gasteiger partial charge in [-0.15, -0.1) is 0 Å². The molecular weight excluding hydrogens is 402 g/mol. The van der Waals surface area contributed by atoms with Crippen molar-refractivity contribution in [2.24, 2.45) is 0 Å². The predicted octanol–water partition coefficient (Wildman–Crippen LogP) is 4.93. The number of hydrogen-bond acceptors (Lipinski definition) is 3. The van der Waals surface area contributed by atoms with Gasteiger partial charge >= 0.3 is 6.09 Å². The molecular formula is C26H33N3O3. The molecule has 6 nitrogen and oxygen atoms in total. The summed E-state index contributed by atoms with van der Waals surface area (Å²) in [6, 6.07) is 17.2. The fourth-order valence-corrected chi connectivity index (χ4v) is 4.98. The molecule has 0 unspecified atom stereocenters. The summed E-state index contributed by atoms with van der Waals surface area (Å²) in [6.45, 7) is 2.44. The summed E-state index contributed by atoms with van der Waals surface area (Å²) >= 11 is 0. The van der Waals surface area contributed by atoms with E-state index in [2.05, 4.69) is 40.5 Å². The van der Waals surface area contributed by atoms with E-state index in [1.54, 1.807) is 4.90 Å². The van der Waals surface area contributed by atoms with E-state index < -0.39 is 6.09 Å². The number of benzene rings is 2. The molecule has 2 N–H and O–H groups in total. The second-order valence-corrected chi connectivity index (χ2v) is 8.84. The second-order valence-electron chi connectivity index (χ2n) is 8.84. The van der Waals surface area contributed by atoms with Gasteiger partial charge in [-0.05, 0) is 68.2 Å². The van der Waals surface area contributed by atoms with Crippen LogP contribution in [-0.4, -0.2) is 47.7 Å². The van der Waals surface area contributed by atoms with Crippen molar-refractivity contribution in [1.82, 2.24) is 4.90 Å². The molecule has 6 heteroatoms. The quantitative estimate of drug-likeness (QED) is 0.666. The summed E-state index contributed by atoms with van der Waals surface area (Å²) in [5.41, 5.74) is 5.06. The van der Waals surface area contributed by atoms with Gasteiger partial charge in [0.15, 0.2) is 0 Å². The lowest BCUT2D eigenvalue weighted by molar-refractivity contribution is -0.116. The van der Waals surface area contributed by atoms with Crippen LogP contribution in [0.25, 0.3) is 0 Å². The van der Waals surface area contributed by atoms with Crippen LogP contribution in [0.5, 0.6) is 0 Å². The molecule has 0 aromatic heterocycles. The largest absolute Gasteiger partial charge is 0.465 e. The molecule has 3 heterocycles. The van der Waals surface area contributed by atoms with Crippen LogP contribution in [0.2, 0.25) is 0 Å². The third-order valence-corrected chi connectivity index (χ3v) is 6.71. The Hall–Kier alpha value is -3.02. The van der Waals surface area contributed by atoms with E-state index in [1.807, 2.05) is 18.2 Å². The molecule has 170 valence electrons. The number of nitrogens with one attached hydrogen (secondary N) is 1. The van der Waals surface area contributed by atoms with Crippen LogP contribution in [0, 0.1) is 0 Å². The lowest BCUT2D eigenvalue weighted by atomic mass is 10.0. The van der Waals surface area contributed by atoms with E-state index in [1.165, 1.54) is 36.1 Å². The molecule has 32 heavy (non-hydrogen) atoms. The second kappa shape index (κ2) is 10.5. The molecule has 0 saturated carbocycles. The topological polar surface area (TPSA) is 72.9 Å². The third kappa shape index (κ3) is 5.42. The van der Waals surface area contributed by atoms with Gasteiger partial charge in [-0.3, -0.25) is 4.79 Å². The third-order valence-electron chi connectivity index (χ3n) is 6.71. The molecule has 3 aliphatic rings. The number of aryl methyl sites for hydroxylation is 2. The number of likely N-dealkylation sites (tertiary alicyclic amines) is 1. The molecule has 2 aromatic rings. The Balaban J connectivity index is 0.000000174. The van der Waals surface area contributed by atoms with Crippen LogP contribution in [-0.2, 0) is 17.6 Å². The van der Waals surface area contributed by atoms with Crippen molar-refractivity contribution in [3.63, 3.8) is 0 Å². The molecule has 0 radical (unpaired) electrons. The van der Waals surface area contributed by atoms with Crippen LogP contribution < -0.4 is 10.2 Å². The number of hydrogen-bond donors (Lipinski definition) is 2. The van der Waals surface area contributed by atoms with Crippen LogP contribution in [0.1, 0.15) is 49.7 Å². The average molecular weight is 436 g/mol. The first kappa shape index (κ1) is 22.2. The molecule has 5 rings (SSSR count). The highest BCUT2D eigenvalue weighted by Gasteiger charge is 2.28. The van der Waals surface area contributed by atoms with Gasteiger partial charge in [0, 0.05) is 43.5 Å². The number of carboxylic acid groups (broad SMARTS) is 1. The predicted molar refractivity (Wildman–Crippen MR) is 127 cm³/mol. The molecule has 0 spiro atoms. The van der Waals surface area contributed by atoms with Gasteiger partial charge in [-0.2, -0.15) is 0 Å². The highest BCUT2D eigenvalue weighted by Crippen LogP contribution is 2.30. The van der Waals surface area contributed by atoms with E-state index in [-0.39, 0.29) is 5.91 Å². The Morgan fingerprint density at radius 3 is 2.31 bits per heavy atom. The zero-order valence-corrected chi connectivity index (χ0v) is 18.6. The minimum atomic E-state index is -0.778. The Morgan fingerprint density at radius 2 is 1.53 bits per heavy atom. The number of carbonyl (C=O) groups excluding carboxylic acids is 1. The van der Waals surface area contributed by atoms with Gasteiger partial charge in [-0.25, -0.2) is 4.79 Å². The smallest absolute Gasteiger partial charge is 0.407 e. The molecule has 0 bridgehead atoms. The summed E-state index contributed by atoms with van der Waals surface area (Å²) in [5.74, 6) is 0.139. The Labute approximate surface area is 190 Å². The molecule has 1 saturated heterocycles. The van der Waals surface area contributed by atoms with Crippen molar-refractivity contribution in [2.45, 2.75) is 57.4 Å². The Kier molecular flexibility index (Phi) is 7.30.